The summed E-state index contributed by atoms with van der Waals surface area (Å²) < 4.78 is 5.38. The van der Waals surface area contributed by atoms with E-state index in [1.165, 1.54) is 0 Å². The lowest BCUT2D eigenvalue weighted by atomic mass is 10.0. The van der Waals surface area contributed by atoms with Gasteiger partial charge in [-0.3, -0.25) is 0 Å². The number of phenolic OH excluding ortho intramolecular Hbond substituents is 1. The van der Waals surface area contributed by atoms with Gasteiger partial charge in [0.25, 0.3) is 0 Å². The molecule has 0 bridgehead atoms. The molecule has 5 nitrogen and oxygen atoms in total. The van der Waals surface area contributed by atoms with Gasteiger partial charge in [0.05, 0.1) is 18.5 Å². The highest BCUT2D eigenvalue weighted by atomic mass is 16.5. The zero-order chi connectivity index (χ0) is 16.4. The Bertz CT molecular complexity index is 863. The minimum Gasteiger partial charge on any atom is -0.507 e. The van der Waals surface area contributed by atoms with Crippen LogP contribution in [0.3, 0.4) is 0 Å². The summed E-state index contributed by atoms with van der Waals surface area (Å²) in [6, 6.07) is 14.7. The third-order valence-electron chi connectivity index (χ3n) is 3.55. The fourth-order valence-corrected chi connectivity index (χ4v) is 2.45. The predicted octanol–water partition coefficient (Wildman–Crippen LogP) is 3.42. The molecule has 3 rings (SSSR count). The third-order valence-corrected chi connectivity index (χ3v) is 3.55. The van der Waals surface area contributed by atoms with E-state index >= 15 is 0 Å². The summed E-state index contributed by atoms with van der Waals surface area (Å²) in [6.45, 7) is 1.95. The Morgan fingerprint density at radius 2 is 1.65 bits per heavy atom. The summed E-state index contributed by atoms with van der Waals surface area (Å²) in [5, 5.41) is 10.1. The van der Waals surface area contributed by atoms with Gasteiger partial charge in [-0.2, -0.15) is 0 Å². The fraction of sp³-hybridized carbons (Fsp3) is 0.111. The molecule has 0 spiro atoms. The van der Waals surface area contributed by atoms with Gasteiger partial charge in [-0.05, 0) is 37.3 Å². The molecular weight excluding hydrogens is 290 g/mol. The molecule has 0 fully saturated rings. The van der Waals surface area contributed by atoms with Crippen molar-refractivity contribution in [1.29, 1.82) is 0 Å². The van der Waals surface area contributed by atoms with E-state index in [-0.39, 0.29) is 11.7 Å². The van der Waals surface area contributed by atoms with Gasteiger partial charge in [-0.15, -0.1) is 0 Å². The van der Waals surface area contributed by atoms with Crippen LogP contribution in [0.5, 0.6) is 11.5 Å². The number of nitrogens with zero attached hydrogens (tertiary/aromatic N) is 2. The van der Waals surface area contributed by atoms with Crippen molar-refractivity contribution < 1.29 is 9.84 Å². The van der Waals surface area contributed by atoms with Crippen molar-refractivity contribution in [2.24, 2.45) is 0 Å². The number of ether oxygens (including phenoxy) is 1. The summed E-state index contributed by atoms with van der Waals surface area (Å²) in [5.41, 5.74) is 9.54. The average molecular weight is 307 g/mol. The Morgan fingerprint density at radius 3 is 2.39 bits per heavy atom. The molecule has 3 N–H and O–H groups in total. The molecule has 1 aromatic heterocycles. The number of rotatable bonds is 3. The minimum atomic E-state index is 0.143. The average Bonchev–Trinajstić information content (AvgIpc) is 2.56. The van der Waals surface area contributed by atoms with Gasteiger partial charge in [0.2, 0.25) is 5.95 Å². The predicted molar refractivity (Wildman–Crippen MR) is 90.3 cm³/mol. The highest BCUT2D eigenvalue weighted by molar-refractivity contribution is 5.75. The topological polar surface area (TPSA) is 81.3 Å². The van der Waals surface area contributed by atoms with Gasteiger partial charge < -0.3 is 15.6 Å². The number of methoxy groups -OCH3 is 1. The van der Waals surface area contributed by atoms with Crippen molar-refractivity contribution in [3.63, 3.8) is 0 Å². The third kappa shape index (κ3) is 2.94. The van der Waals surface area contributed by atoms with Crippen molar-refractivity contribution in [3.8, 4) is 34.0 Å². The molecule has 0 radical (unpaired) electrons. The fourth-order valence-electron chi connectivity index (χ4n) is 2.45. The number of para-hydroxylation sites is 1. The smallest absolute Gasteiger partial charge is 0.221 e. The second-order valence-electron chi connectivity index (χ2n) is 5.22. The second-order valence-corrected chi connectivity index (χ2v) is 5.22. The first kappa shape index (κ1) is 14.8. The zero-order valence-corrected chi connectivity index (χ0v) is 12.9. The standard InChI is InChI=1S/C18H17N3O2/c1-11-7-8-16(22)13(9-11)15-10-14(20-18(19)21-15)12-5-3-4-6-17(12)23-2/h3-10,22H,1-2H3,(H2,19,20,21). The van der Waals surface area contributed by atoms with Crippen molar-refractivity contribution in [3.05, 3.63) is 54.1 Å². The zero-order valence-electron chi connectivity index (χ0n) is 12.9. The molecule has 0 saturated heterocycles. The molecule has 116 valence electrons. The van der Waals surface area contributed by atoms with Crippen LogP contribution in [-0.4, -0.2) is 22.2 Å². The first-order valence-corrected chi connectivity index (χ1v) is 7.16. The van der Waals surface area contributed by atoms with Crippen molar-refractivity contribution >= 4 is 5.95 Å². The lowest BCUT2D eigenvalue weighted by Gasteiger charge is -2.11. The number of phenols is 1. The molecular formula is C18H17N3O2. The Hall–Kier alpha value is -3.08. The first-order chi connectivity index (χ1) is 11.1. The second kappa shape index (κ2) is 5.96. The first-order valence-electron chi connectivity index (χ1n) is 7.16. The molecule has 2 aromatic carbocycles. The number of hydrogen-bond acceptors (Lipinski definition) is 5. The lowest BCUT2D eigenvalue weighted by Crippen LogP contribution is -2.00. The van der Waals surface area contributed by atoms with Crippen molar-refractivity contribution in [2.45, 2.75) is 6.92 Å². The Labute approximate surface area is 134 Å². The summed E-state index contributed by atoms with van der Waals surface area (Å²) in [7, 11) is 1.61. The van der Waals surface area contributed by atoms with Crippen LogP contribution in [0.1, 0.15) is 5.56 Å². The Morgan fingerprint density at radius 1 is 0.957 bits per heavy atom. The number of aryl methyl sites for hydroxylation is 1. The van der Waals surface area contributed by atoms with Gasteiger partial charge in [0.15, 0.2) is 0 Å². The maximum Gasteiger partial charge on any atom is 0.221 e. The van der Waals surface area contributed by atoms with Crippen LogP contribution in [0.4, 0.5) is 5.95 Å². The van der Waals surface area contributed by atoms with E-state index in [1.807, 2.05) is 43.3 Å². The molecule has 0 amide bonds. The number of hydrogen-bond donors (Lipinski definition) is 2. The van der Waals surface area contributed by atoms with Crippen LogP contribution < -0.4 is 10.5 Å². The molecule has 0 aliphatic carbocycles. The van der Waals surface area contributed by atoms with E-state index in [0.29, 0.717) is 22.7 Å². The van der Waals surface area contributed by atoms with Crippen LogP contribution >= 0.6 is 0 Å². The van der Waals surface area contributed by atoms with Gasteiger partial charge in [-0.1, -0.05) is 23.8 Å². The highest BCUT2D eigenvalue weighted by Gasteiger charge is 2.13. The van der Waals surface area contributed by atoms with Crippen molar-refractivity contribution in [1.82, 2.24) is 9.97 Å². The Kier molecular flexibility index (Phi) is 3.85. The molecule has 0 unspecified atom stereocenters. The van der Waals surface area contributed by atoms with Gasteiger partial charge in [0.1, 0.15) is 11.5 Å². The van der Waals surface area contributed by atoms with Crippen LogP contribution in [0, 0.1) is 6.92 Å². The molecule has 5 heteroatoms. The molecule has 1 heterocycles. The maximum absolute atomic E-state index is 10.1. The van der Waals surface area contributed by atoms with E-state index in [1.54, 1.807) is 19.2 Å². The van der Waals surface area contributed by atoms with E-state index in [9.17, 15) is 5.11 Å². The van der Waals surface area contributed by atoms with Gasteiger partial charge in [-0.25, -0.2) is 9.97 Å². The molecule has 0 atom stereocenters. The van der Waals surface area contributed by atoms with Crippen LogP contribution in [0.15, 0.2) is 48.5 Å². The maximum atomic E-state index is 10.1. The van der Waals surface area contributed by atoms with Crippen LogP contribution in [0.25, 0.3) is 22.5 Å². The van der Waals surface area contributed by atoms with Gasteiger partial charge >= 0.3 is 0 Å². The quantitative estimate of drug-likeness (QED) is 0.775. The minimum absolute atomic E-state index is 0.143. The Balaban J connectivity index is 2.19. The summed E-state index contributed by atoms with van der Waals surface area (Å²) >= 11 is 0. The normalized spacial score (nSPS) is 10.5. The monoisotopic (exact) mass is 307 g/mol. The van der Waals surface area contributed by atoms with Crippen molar-refractivity contribution in [2.75, 3.05) is 12.8 Å². The van der Waals surface area contributed by atoms with E-state index < -0.39 is 0 Å². The lowest BCUT2D eigenvalue weighted by molar-refractivity contribution is 0.416. The molecule has 0 aliphatic heterocycles. The van der Waals surface area contributed by atoms with Crippen LogP contribution in [-0.2, 0) is 0 Å². The highest BCUT2D eigenvalue weighted by Crippen LogP contribution is 2.34. The molecule has 23 heavy (non-hydrogen) atoms. The van der Waals surface area contributed by atoms with Gasteiger partial charge in [0, 0.05) is 11.1 Å². The number of benzene rings is 2. The summed E-state index contributed by atoms with van der Waals surface area (Å²) in [6.07, 6.45) is 0. The largest absolute Gasteiger partial charge is 0.507 e. The van der Waals surface area contributed by atoms with E-state index in [0.717, 1.165) is 11.1 Å². The van der Waals surface area contributed by atoms with E-state index in [4.69, 9.17) is 10.5 Å². The molecule has 3 aromatic rings. The van der Waals surface area contributed by atoms with Crippen LogP contribution in [0.2, 0.25) is 0 Å². The van der Waals surface area contributed by atoms with E-state index in [2.05, 4.69) is 9.97 Å². The number of anilines is 1. The SMILES string of the molecule is COc1ccccc1-c1cc(-c2cc(C)ccc2O)nc(N)n1. The molecule has 0 saturated carbocycles. The number of aromatic hydroxyl groups is 1. The number of nitrogens with two attached hydrogens (primary N) is 1. The summed E-state index contributed by atoms with van der Waals surface area (Å²) in [4.78, 5) is 8.55. The summed E-state index contributed by atoms with van der Waals surface area (Å²) in [5.74, 6) is 0.994. The number of nitrogen functional groups attached to an aromatic ring is 1. The number of aromatic nitrogens is 2. The molecule has 0 aliphatic rings.